The molecule has 0 spiro atoms. The highest BCUT2D eigenvalue weighted by atomic mass is 19.1. The van der Waals surface area contributed by atoms with Crippen molar-refractivity contribution >= 4 is 11.6 Å². The molecule has 2 heterocycles. The number of aryl methyl sites for hydroxylation is 1. The van der Waals surface area contributed by atoms with Gasteiger partial charge >= 0.3 is 0 Å². The van der Waals surface area contributed by atoms with Crippen LogP contribution >= 0.6 is 0 Å². The Bertz CT molecular complexity index is 803. The molecule has 1 unspecified atom stereocenters. The predicted octanol–water partition coefficient (Wildman–Crippen LogP) is 1.45. The molecule has 0 bridgehead atoms. The molecule has 0 radical (unpaired) electrons. The zero-order valence-electron chi connectivity index (χ0n) is 14.1. The van der Waals surface area contributed by atoms with Crippen LogP contribution in [0.15, 0.2) is 41.3 Å². The molecule has 7 heteroatoms. The summed E-state index contributed by atoms with van der Waals surface area (Å²) in [4.78, 5) is 26.2. The van der Waals surface area contributed by atoms with E-state index in [2.05, 4.69) is 10.4 Å². The predicted molar refractivity (Wildman–Crippen MR) is 92.7 cm³/mol. The summed E-state index contributed by atoms with van der Waals surface area (Å²) in [6, 6.07) is 7.63. The van der Waals surface area contributed by atoms with Crippen LogP contribution < -0.4 is 15.8 Å². The van der Waals surface area contributed by atoms with Crippen LogP contribution in [0, 0.1) is 11.7 Å². The molecule has 25 heavy (non-hydrogen) atoms. The summed E-state index contributed by atoms with van der Waals surface area (Å²) < 4.78 is 14.2. The second-order valence-electron chi connectivity index (χ2n) is 6.31. The molecular weight excluding hydrogens is 323 g/mol. The number of hydrogen-bond donors (Lipinski definition) is 1. The largest absolute Gasteiger partial charge is 0.369 e. The minimum Gasteiger partial charge on any atom is -0.369 e. The van der Waals surface area contributed by atoms with Crippen LogP contribution in [0.3, 0.4) is 0 Å². The van der Waals surface area contributed by atoms with E-state index < -0.39 is 0 Å². The second kappa shape index (κ2) is 7.46. The number of anilines is 1. The normalized spacial score (nSPS) is 17.4. The average Bonchev–Trinajstić information content (AvgIpc) is 2.63. The summed E-state index contributed by atoms with van der Waals surface area (Å²) in [6.07, 6.45) is 3.34. The summed E-state index contributed by atoms with van der Waals surface area (Å²) in [6.45, 7) is 1.74. The first-order chi connectivity index (χ1) is 12.0. The van der Waals surface area contributed by atoms with Crippen LogP contribution in [0.5, 0.6) is 0 Å². The average molecular weight is 344 g/mol. The van der Waals surface area contributed by atoms with Gasteiger partial charge in [-0.25, -0.2) is 9.07 Å². The Labute approximate surface area is 145 Å². The highest BCUT2D eigenvalue weighted by Crippen LogP contribution is 2.21. The summed E-state index contributed by atoms with van der Waals surface area (Å²) in [5.41, 5.74) is 1.44. The minimum atomic E-state index is -0.291. The Morgan fingerprint density at radius 3 is 2.84 bits per heavy atom. The first-order valence-corrected chi connectivity index (χ1v) is 8.33. The van der Waals surface area contributed by atoms with Crippen molar-refractivity contribution < 1.29 is 9.18 Å². The van der Waals surface area contributed by atoms with Crippen LogP contribution in [0.1, 0.15) is 18.4 Å². The molecule has 2 aromatic rings. The molecule has 0 saturated carbocycles. The molecule has 1 N–H and O–H groups in total. The lowest BCUT2D eigenvalue weighted by atomic mass is 9.96. The maximum absolute atomic E-state index is 12.9. The van der Waals surface area contributed by atoms with E-state index in [4.69, 9.17) is 0 Å². The number of nitrogens with one attached hydrogen (secondary N) is 1. The summed E-state index contributed by atoms with van der Waals surface area (Å²) in [5.74, 6) is -0.454. The van der Waals surface area contributed by atoms with Gasteiger partial charge in [0.05, 0.1) is 17.8 Å². The van der Waals surface area contributed by atoms with Crippen molar-refractivity contribution in [1.82, 2.24) is 15.1 Å². The fourth-order valence-corrected chi connectivity index (χ4v) is 2.99. The third-order valence-corrected chi connectivity index (χ3v) is 4.49. The van der Waals surface area contributed by atoms with E-state index in [0.717, 1.165) is 30.6 Å². The number of carbonyl (C=O) groups excluding carboxylic acids is 1. The van der Waals surface area contributed by atoms with Crippen LogP contribution in [0.25, 0.3) is 0 Å². The Balaban J connectivity index is 1.60. The first-order valence-electron chi connectivity index (χ1n) is 8.33. The van der Waals surface area contributed by atoms with Gasteiger partial charge in [-0.3, -0.25) is 9.59 Å². The second-order valence-corrected chi connectivity index (χ2v) is 6.31. The Morgan fingerprint density at radius 1 is 1.36 bits per heavy atom. The topological polar surface area (TPSA) is 67.2 Å². The van der Waals surface area contributed by atoms with Crippen molar-refractivity contribution in [2.75, 3.05) is 18.0 Å². The SMILES string of the molecule is Cn1ncc(N2CCCC(C(=O)NCc3ccc(F)cc3)C2)cc1=O. The van der Waals surface area contributed by atoms with E-state index in [1.54, 1.807) is 31.4 Å². The van der Waals surface area contributed by atoms with E-state index >= 15 is 0 Å². The molecule has 1 aromatic heterocycles. The van der Waals surface area contributed by atoms with E-state index in [0.29, 0.717) is 13.1 Å². The lowest BCUT2D eigenvalue weighted by molar-refractivity contribution is -0.125. The van der Waals surface area contributed by atoms with Gasteiger partial charge in [0.2, 0.25) is 5.91 Å². The molecule has 0 aliphatic carbocycles. The summed E-state index contributed by atoms with van der Waals surface area (Å²) in [5, 5.41) is 6.95. The van der Waals surface area contributed by atoms with Crippen LogP contribution in [-0.4, -0.2) is 28.8 Å². The Morgan fingerprint density at radius 2 is 2.12 bits per heavy atom. The fourth-order valence-electron chi connectivity index (χ4n) is 2.99. The number of aromatic nitrogens is 2. The number of benzene rings is 1. The lowest BCUT2D eigenvalue weighted by Gasteiger charge is -2.33. The zero-order valence-corrected chi connectivity index (χ0v) is 14.1. The molecule has 1 amide bonds. The smallest absolute Gasteiger partial charge is 0.268 e. The van der Waals surface area contributed by atoms with Crippen molar-refractivity contribution in [3.8, 4) is 0 Å². The van der Waals surface area contributed by atoms with Gasteiger partial charge in [-0.1, -0.05) is 12.1 Å². The highest BCUT2D eigenvalue weighted by molar-refractivity contribution is 5.79. The third-order valence-electron chi connectivity index (χ3n) is 4.49. The molecule has 1 atom stereocenters. The number of amides is 1. The first kappa shape index (κ1) is 17.1. The van der Waals surface area contributed by atoms with Crippen molar-refractivity contribution in [2.24, 2.45) is 13.0 Å². The van der Waals surface area contributed by atoms with Gasteiger partial charge in [-0.05, 0) is 30.5 Å². The number of halogens is 1. The number of rotatable bonds is 4. The van der Waals surface area contributed by atoms with E-state index in [9.17, 15) is 14.0 Å². The van der Waals surface area contributed by atoms with Gasteiger partial charge in [-0.15, -0.1) is 0 Å². The summed E-state index contributed by atoms with van der Waals surface area (Å²) >= 11 is 0. The molecule has 132 valence electrons. The molecular formula is C18H21FN4O2. The van der Waals surface area contributed by atoms with Crippen molar-refractivity contribution in [1.29, 1.82) is 0 Å². The maximum atomic E-state index is 12.9. The molecule has 1 fully saturated rings. The number of hydrogen-bond acceptors (Lipinski definition) is 4. The van der Waals surface area contributed by atoms with E-state index in [-0.39, 0.29) is 23.2 Å². The number of nitrogens with zero attached hydrogens (tertiary/aromatic N) is 3. The Kier molecular flexibility index (Phi) is 5.11. The van der Waals surface area contributed by atoms with Crippen molar-refractivity contribution in [2.45, 2.75) is 19.4 Å². The standard InChI is InChI=1S/C18H21FN4O2/c1-22-17(24)9-16(11-21-22)23-8-2-3-14(12-23)18(25)20-10-13-4-6-15(19)7-5-13/h4-7,9,11,14H,2-3,8,10,12H2,1H3,(H,20,25). The van der Waals surface area contributed by atoms with Gasteiger partial charge in [0.25, 0.3) is 5.56 Å². The van der Waals surface area contributed by atoms with Crippen LogP contribution in [-0.2, 0) is 18.4 Å². The minimum absolute atomic E-state index is 0.0224. The maximum Gasteiger partial charge on any atom is 0.268 e. The van der Waals surface area contributed by atoms with Crippen molar-refractivity contribution in [3.63, 3.8) is 0 Å². The van der Waals surface area contributed by atoms with Crippen LogP contribution in [0.2, 0.25) is 0 Å². The summed E-state index contributed by atoms with van der Waals surface area (Å²) in [7, 11) is 1.61. The van der Waals surface area contributed by atoms with E-state index in [1.165, 1.54) is 16.8 Å². The lowest BCUT2D eigenvalue weighted by Crippen LogP contribution is -2.43. The fraction of sp³-hybridized carbons (Fsp3) is 0.389. The molecule has 6 nitrogen and oxygen atoms in total. The molecule has 3 rings (SSSR count). The highest BCUT2D eigenvalue weighted by Gasteiger charge is 2.26. The molecule has 1 aliphatic heterocycles. The van der Waals surface area contributed by atoms with Crippen molar-refractivity contribution in [3.05, 3.63) is 58.3 Å². The van der Waals surface area contributed by atoms with Gasteiger partial charge in [0, 0.05) is 32.7 Å². The quantitative estimate of drug-likeness (QED) is 0.912. The molecule has 1 aliphatic rings. The molecule has 1 aromatic carbocycles. The van der Waals surface area contributed by atoms with Crippen LogP contribution in [0.4, 0.5) is 10.1 Å². The number of carbonyl (C=O) groups is 1. The Hall–Kier alpha value is -2.70. The van der Waals surface area contributed by atoms with Gasteiger partial charge in [0.15, 0.2) is 0 Å². The number of piperidine rings is 1. The van der Waals surface area contributed by atoms with E-state index in [1.807, 2.05) is 4.90 Å². The third kappa shape index (κ3) is 4.23. The monoisotopic (exact) mass is 344 g/mol. The zero-order chi connectivity index (χ0) is 17.8. The van der Waals surface area contributed by atoms with Gasteiger partial charge in [-0.2, -0.15) is 5.10 Å². The molecule has 1 saturated heterocycles. The van der Waals surface area contributed by atoms with Gasteiger partial charge in [0.1, 0.15) is 5.82 Å². The van der Waals surface area contributed by atoms with Gasteiger partial charge < -0.3 is 10.2 Å².